The Bertz CT molecular complexity index is 675. The van der Waals surface area contributed by atoms with Gasteiger partial charge in [-0.25, -0.2) is 0 Å². The number of hydrogen-bond donors (Lipinski definition) is 1. The van der Waals surface area contributed by atoms with Crippen LogP contribution >= 0.6 is 0 Å². The molecule has 0 amide bonds. The average Bonchev–Trinajstić information content (AvgIpc) is 2.73. The van der Waals surface area contributed by atoms with Gasteiger partial charge in [0, 0.05) is 16.6 Å². The quantitative estimate of drug-likeness (QED) is 0.829. The molecule has 1 saturated carbocycles. The van der Waals surface area contributed by atoms with Gasteiger partial charge in [-0.2, -0.15) is 0 Å². The van der Waals surface area contributed by atoms with Crippen molar-refractivity contribution >= 4 is 23.1 Å². The Morgan fingerprint density at radius 2 is 2.11 bits per heavy atom. The lowest BCUT2D eigenvalue weighted by atomic mass is 9.71. The van der Waals surface area contributed by atoms with Gasteiger partial charge in [-0.1, -0.05) is 31.2 Å². The Morgan fingerprint density at radius 1 is 1.33 bits per heavy atom. The van der Waals surface area contributed by atoms with Crippen molar-refractivity contribution in [2.45, 2.75) is 26.3 Å². The first-order valence-corrected chi connectivity index (χ1v) is 6.62. The number of hydrogen-bond acceptors (Lipinski definition) is 2. The molecule has 1 fully saturated rings. The molecule has 3 atom stereocenters. The maximum absolute atomic E-state index is 6.06. The van der Waals surface area contributed by atoms with E-state index in [4.69, 9.17) is 10.2 Å². The van der Waals surface area contributed by atoms with Crippen LogP contribution in [-0.2, 0) is 0 Å². The molecule has 3 rings (SSSR count). The van der Waals surface area contributed by atoms with E-state index in [0.29, 0.717) is 11.8 Å². The van der Waals surface area contributed by atoms with Gasteiger partial charge in [-0.3, -0.25) is 0 Å². The van der Waals surface area contributed by atoms with Crippen molar-refractivity contribution < 1.29 is 4.42 Å². The smallest absolute Gasteiger partial charge is 0.135 e. The van der Waals surface area contributed by atoms with Gasteiger partial charge in [-0.15, -0.1) is 0 Å². The fourth-order valence-electron chi connectivity index (χ4n) is 2.94. The Labute approximate surface area is 107 Å². The standard InChI is InChI=1S/C16H19NO/c1-3-11-12-6-4-5-7-15(12)18-16(11)9-13-10(2)8-14(13)17/h3-7,9-10,13-14H,8,17H2,1-2H3/b11-3-,16-9+. The van der Waals surface area contributed by atoms with Gasteiger partial charge in [-0.05, 0) is 37.3 Å². The lowest BCUT2D eigenvalue weighted by molar-refractivity contribution is 0.216. The van der Waals surface area contributed by atoms with Crippen molar-refractivity contribution in [2.24, 2.45) is 17.6 Å². The van der Waals surface area contributed by atoms with Crippen LogP contribution in [0.25, 0.3) is 23.1 Å². The zero-order chi connectivity index (χ0) is 12.7. The van der Waals surface area contributed by atoms with E-state index < -0.39 is 0 Å². The summed E-state index contributed by atoms with van der Waals surface area (Å²) in [5, 5.41) is 2.38. The van der Waals surface area contributed by atoms with Crippen LogP contribution in [0, 0.1) is 11.8 Å². The van der Waals surface area contributed by atoms with Gasteiger partial charge in [0.05, 0.1) is 0 Å². The minimum atomic E-state index is 0.290. The summed E-state index contributed by atoms with van der Waals surface area (Å²) in [6.45, 7) is 4.31. The minimum Gasteiger partial charge on any atom is -0.456 e. The summed E-state index contributed by atoms with van der Waals surface area (Å²) in [5.74, 6) is 1.11. The lowest BCUT2D eigenvalue weighted by Crippen LogP contribution is -2.46. The third-order valence-electron chi connectivity index (χ3n) is 4.09. The summed E-state index contributed by atoms with van der Waals surface area (Å²) < 4.78 is 5.95. The van der Waals surface area contributed by atoms with Crippen LogP contribution in [0.1, 0.15) is 20.3 Å². The van der Waals surface area contributed by atoms with E-state index in [9.17, 15) is 0 Å². The third-order valence-corrected chi connectivity index (χ3v) is 4.09. The van der Waals surface area contributed by atoms with Crippen LogP contribution in [0.5, 0.6) is 0 Å². The van der Waals surface area contributed by atoms with Crippen molar-refractivity contribution in [3.8, 4) is 0 Å². The molecule has 3 unspecified atom stereocenters. The second kappa shape index (κ2) is 4.29. The maximum Gasteiger partial charge on any atom is 0.135 e. The van der Waals surface area contributed by atoms with Crippen LogP contribution in [0.4, 0.5) is 0 Å². The largest absolute Gasteiger partial charge is 0.456 e. The van der Waals surface area contributed by atoms with E-state index in [1.165, 1.54) is 10.6 Å². The Balaban J connectivity index is 2.20. The minimum absolute atomic E-state index is 0.290. The molecule has 2 N–H and O–H groups in total. The Morgan fingerprint density at radius 3 is 2.78 bits per heavy atom. The molecule has 2 heteroatoms. The van der Waals surface area contributed by atoms with Crippen molar-refractivity contribution in [1.82, 2.24) is 0 Å². The van der Waals surface area contributed by atoms with Crippen molar-refractivity contribution in [1.29, 1.82) is 0 Å². The number of rotatable bonds is 1. The molecule has 1 aromatic heterocycles. The number of nitrogens with two attached hydrogens (primary N) is 1. The first kappa shape index (κ1) is 11.5. The van der Waals surface area contributed by atoms with Crippen LogP contribution in [0.2, 0.25) is 0 Å². The Hall–Kier alpha value is -1.54. The van der Waals surface area contributed by atoms with Crippen molar-refractivity contribution in [3.05, 3.63) is 34.9 Å². The summed E-state index contributed by atoms with van der Waals surface area (Å²) in [5.41, 5.74) is 8.00. The fraction of sp³-hybridized carbons (Fsp3) is 0.375. The predicted molar refractivity (Wildman–Crippen MR) is 75.3 cm³/mol. The summed E-state index contributed by atoms with van der Waals surface area (Å²) in [6.07, 6.45) is 5.45. The zero-order valence-electron chi connectivity index (χ0n) is 10.9. The van der Waals surface area contributed by atoms with E-state index in [0.717, 1.165) is 17.4 Å². The van der Waals surface area contributed by atoms with E-state index in [1.807, 2.05) is 18.2 Å². The predicted octanol–water partition coefficient (Wildman–Crippen LogP) is 2.00. The molecule has 18 heavy (non-hydrogen) atoms. The molecule has 1 aromatic carbocycles. The molecule has 0 radical (unpaired) electrons. The lowest BCUT2D eigenvalue weighted by Gasteiger charge is -2.38. The van der Waals surface area contributed by atoms with Gasteiger partial charge in [0.25, 0.3) is 0 Å². The van der Waals surface area contributed by atoms with Gasteiger partial charge < -0.3 is 10.2 Å². The molecular weight excluding hydrogens is 222 g/mol. The number of para-hydroxylation sites is 1. The summed E-state index contributed by atoms with van der Waals surface area (Å²) in [4.78, 5) is 0. The molecule has 2 aromatic rings. The van der Waals surface area contributed by atoms with Crippen LogP contribution in [0.3, 0.4) is 0 Å². The second-order valence-corrected chi connectivity index (χ2v) is 5.29. The van der Waals surface area contributed by atoms with Crippen LogP contribution < -0.4 is 16.4 Å². The van der Waals surface area contributed by atoms with Crippen molar-refractivity contribution in [2.75, 3.05) is 0 Å². The summed E-state index contributed by atoms with van der Waals surface area (Å²) in [7, 11) is 0. The van der Waals surface area contributed by atoms with Crippen LogP contribution in [0.15, 0.2) is 28.7 Å². The zero-order valence-corrected chi connectivity index (χ0v) is 10.9. The third kappa shape index (κ3) is 1.68. The van der Waals surface area contributed by atoms with E-state index in [-0.39, 0.29) is 6.04 Å². The van der Waals surface area contributed by atoms with Gasteiger partial charge in [0.1, 0.15) is 11.0 Å². The number of benzene rings is 1. The van der Waals surface area contributed by atoms with E-state index >= 15 is 0 Å². The van der Waals surface area contributed by atoms with E-state index in [1.54, 1.807) is 0 Å². The molecular formula is C16H19NO. The topological polar surface area (TPSA) is 39.2 Å². The fourth-order valence-corrected chi connectivity index (χ4v) is 2.94. The van der Waals surface area contributed by atoms with Gasteiger partial charge in [0.15, 0.2) is 0 Å². The molecule has 1 aliphatic rings. The molecule has 1 aliphatic carbocycles. The van der Waals surface area contributed by atoms with E-state index in [2.05, 4.69) is 32.1 Å². The molecule has 0 spiro atoms. The monoisotopic (exact) mass is 241 g/mol. The highest BCUT2D eigenvalue weighted by atomic mass is 16.3. The number of furan rings is 1. The highest BCUT2D eigenvalue weighted by Crippen LogP contribution is 2.33. The van der Waals surface area contributed by atoms with Gasteiger partial charge in [0.2, 0.25) is 0 Å². The van der Waals surface area contributed by atoms with Crippen molar-refractivity contribution in [3.63, 3.8) is 0 Å². The SMILES string of the molecule is C/C=c1\c(=C/C2C(C)CC2N)oc2ccccc12. The summed E-state index contributed by atoms with van der Waals surface area (Å²) >= 11 is 0. The maximum atomic E-state index is 6.06. The molecule has 94 valence electrons. The molecule has 0 bridgehead atoms. The normalized spacial score (nSPS) is 29.8. The second-order valence-electron chi connectivity index (χ2n) is 5.29. The Kier molecular flexibility index (Phi) is 2.75. The first-order chi connectivity index (χ1) is 8.70. The molecule has 0 saturated heterocycles. The molecule has 0 aliphatic heterocycles. The van der Waals surface area contributed by atoms with Crippen LogP contribution in [-0.4, -0.2) is 6.04 Å². The molecule has 2 nitrogen and oxygen atoms in total. The first-order valence-electron chi connectivity index (χ1n) is 6.62. The summed E-state index contributed by atoms with van der Waals surface area (Å²) in [6, 6.07) is 8.47. The highest BCUT2D eigenvalue weighted by Gasteiger charge is 2.33. The van der Waals surface area contributed by atoms with Gasteiger partial charge >= 0.3 is 0 Å². The number of fused-ring (bicyclic) bond motifs is 1. The average molecular weight is 241 g/mol. The highest BCUT2D eigenvalue weighted by molar-refractivity contribution is 5.78. The molecule has 1 heterocycles.